The van der Waals surface area contributed by atoms with Crippen molar-refractivity contribution >= 4 is 39.9 Å². The summed E-state index contributed by atoms with van der Waals surface area (Å²) in [6.07, 6.45) is 12.2. The third-order valence-corrected chi connectivity index (χ3v) is 5.98. The second-order valence-corrected chi connectivity index (χ2v) is 9.33. The van der Waals surface area contributed by atoms with Crippen LogP contribution in [0.1, 0.15) is 74.2 Å². The molecule has 0 aliphatic rings. The zero-order chi connectivity index (χ0) is 25.5. The Morgan fingerprint density at radius 2 is 1.76 bits per heavy atom. The van der Waals surface area contributed by atoms with Crippen LogP contribution in [0.15, 0.2) is 29.2 Å². The molecule has 1 heterocycles. The molecular weight excluding hydrogens is 552 g/mol. The summed E-state index contributed by atoms with van der Waals surface area (Å²) in [4.78, 5) is 28.0. The van der Waals surface area contributed by atoms with Crippen LogP contribution in [0.2, 0.25) is 0 Å². The number of carboxylic acids is 1. The van der Waals surface area contributed by atoms with Gasteiger partial charge in [-0.2, -0.15) is 0 Å². The monoisotopic (exact) mass is 589 g/mol. The summed E-state index contributed by atoms with van der Waals surface area (Å²) < 4.78 is 15.8. The van der Waals surface area contributed by atoms with Crippen LogP contribution in [0.3, 0.4) is 0 Å². The number of nitrogens with one attached hydrogen (secondary N) is 2. The minimum atomic E-state index is -1.19. The summed E-state index contributed by atoms with van der Waals surface area (Å²) >= 11 is 1.97. The zero-order valence-electron chi connectivity index (χ0n) is 20.5. The van der Waals surface area contributed by atoms with Crippen LogP contribution in [0, 0.1) is 16.3 Å². The second-order valence-electron chi connectivity index (χ2n) is 8.09. The minimum Gasteiger partial charge on any atom is -0.478 e. The Morgan fingerprint density at radius 1 is 1.15 bits per heavy atom. The van der Waals surface area contributed by atoms with Gasteiger partial charge in [0.2, 0.25) is 0 Å². The third-order valence-electron chi connectivity index (χ3n) is 5.31. The predicted octanol–water partition coefficient (Wildman–Crippen LogP) is 6.16. The predicted molar refractivity (Wildman–Crippen MR) is 143 cm³/mol. The number of hydroxylamine groups is 1. The maximum Gasteiger partial charge on any atom is 0.339 e. The van der Waals surface area contributed by atoms with Gasteiger partial charge >= 0.3 is 5.97 Å². The lowest BCUT2D eigenvalue weighted by Crippen LogP contribution is -2.23. The molecule has 0 unspecified atom stereocenters. The number of nitrogens with zero attached hydrogens (tertiary/aromatic N) is 1. The van der Waals surface area contributed by atoms with Gasteiger partial charge in [-0.05, 0) is 54.1 Å². The van der Waals surface area contributed by atoms with E-state index in [2.05, 4.69) is 17.7 Å². The molecule has 7 nitrogen and oxygen atoms in total. The van der Waals surface area contributed by atoms with Gasteiger partial charge in [0.25, 0.3) is 5.56 Å². The molecule has 34 heavy (non-hydrogen) atoms. The second kappa shape index (κ2) is 16.6. The molecule has 1 aromatic heterocycles. The minimum absolute atomic E-state index is 0.0902. The number of pyridine rings is 1. The molecule has 0 amide bonds. The Kier molecular flexibility index (Phi) is 14.7. The Morgan fingerprint density at radius 3 is 2.32 bits per heavy atom. The van der Waals surface area contributed by atoms with E-state index in [0.717, 1.165) is 10.1 Å². The van der Waals surface area contributed by atoms with Gasteiger partial charge < -0.3 is 19.8 Å². The van der Waals surface area contributed by atoms with Gasteiger partial charge in [0.05, 0.1) is 24.0 Å². The molecule has 0 aliphatic heterocycles. The van der Waals surface area contributed by atoms with Gasteiger partial charge in [0.1, 0.15) is 5.82 Å². The van der Waals surface area contributed by atoms with Crippen LogP contribution >= 0.6 is 22.6 Å². The molecule has 2 rings (SSSR count). The summed E-state index contributed by atoms with van der Waals surface area (Å²) in [6.45, 7) is 4.75. The highest BCUT2D eigenvalue weighted by molar-refractivity contribution is 14.1. The summed E-state index contributed by atoms with van der Waals surface area (Å²) in [6, 6.07) is 4.50. The first-order valence-electron chi connectivity index (χ1n) is 11.6. The molecule has 0 saturated carbocycles. The van der Waals surface area contributed by atoms with Crippen LogP contribution in [-0.4, -0.2) is 29.3 Å². The van der Waals surface area contributed by atoms with Crippen molar-refractivity contribution in [3.63, 3.8) is 0 Å². The fourth-order valence-corrected chi connectivity index (χ4v) is 3.83. The number of aromatic carboxylic acids is 1. The molecule has 0 aliphatic carbocycles. The largest absolute Gasteiger partial charge is 0.478 e. The lowest BCUT2D eigenvalue weighted by Gasteiger charge is -2.14. The molecular formula is C25H37FIN3O4. The smallest absolute Gasteiger partial charge is 0.339 e. The molecule has 9 heteroatoms. The van der Waals surface area contributed by atoms with Crippen LogP contribution in [-0.2, 0) is 11.9 Å². The first-order chi connectivity index (χ1) is 16.2. The maximum atomic E-state index is 13.9. The number of unbranched alkanes of at least 4 members (excludes halogenated alkanes) is 7. The number of rotatable bonds is 13. The fraction of sp³-hybridized carbons (Fsp3) is 0.520. The van der Waals surface area contributed by atoms with Gasteiger partial charge in [-0.1, -0.05) is 51.9 Å². The number of carbonyl (C=O) groups is 1. The van der Waals surface area contributed by atoms with Gasteiger partial charge in [0.15, 0.2) is 0 Å². The number of carboxylic acid groups (broad SMARTS) is 1. The van der Waals surface area contributed by atoms with Crippen LogP contribution in [0.5, 0.6) is 0 Å². The first kappa shape index (κ1) is 30.1. The van der Waals surface area contributed by atoms with Crippen molar-refractivity contribution in [1.82, 2.24) is 10.0 Å². The number of hydrogen-bond acceptors (Lipinski definition) is 5. The van der Waals surface area contributed by atoms with E-state index in [1.165, 1.54) is 88.2 Å². The molecule has 0 radical (unpaired) electrons. The van der Waals surface area contributed by atoms with E-state index in [9.17, 15) is 19.1 Å². The standard InChI is InChI=1S/C14H12FIN2O3.C11H25NO/c1-7-12(9(14(20)21)6-18(2)13(7)19)17-11-4-3-8(16)5-10(11)15;1-3-4-5-6-7-8-9-10-11-12-13-2/h3-6,17H,1-2H3,(H,20,21);12H,3-11H2,1-2H3. The highest BCUT2D eigenvalue weighted by Crippen LogP contribution is 2.25. The van der Waals surface area contributed by atoms with E-state index in [4.69, 9.17) is 4.84 Å². The fourth-order valence-electron chi connectivity index (χ4n) is 3.37. The Hall–Kier alpha value is -1.98. The Labute approximate surface area is 215 Å². The highest BCUT2D eigenvalue weighted by Gasteiger charge is 2.17. The Bertz CT molecular complexity index is 956. The summed E-state index contributed by atoms with van der Waals surface area (Å²) in [5, 5.41) is 12.0. The average molecular weight is 589 g/mol. The SMILES string of the molecule is CCCCCCCCCCNOC.Cc1c(Nc2ccc(I)cc2F)c(C(=O)O)cn(C)c1=O. The van der Waals surface area contributed by atoms with Gasteiger partial charge in [0, 0.05) is 28.9 Å². The van der Waals surface area contributed by atoms with Crippen molar-refractivity contribution in [1.29, 1.82) is 0 Å². The number of hydrogen-bond donors (Lipinski definition) is 3. The molecule has 0 saturated heterocycles. The van der Waals surface area contributed by atoms with Crippen LogP contribution in [0.4, 0.5) is 15.8 Å². The van der Waals surface area contributed by atoms with E-state index in [1.54, 1.807) is 13.2 Å². The molecule has 2 aromatic rings. The zero-order valence-corrected chi connectivity index (χ0v) is 22.7. The van der Waals surface area contributed by atoms with Crippen molar-refractivity contribution in [3.05, 3.63) is 55.3 Å². The third kappa shape index (κ3) is 10.5. The lowest BCUT2D eigenvalue weighted by molar-refractivity contribution is 0.0697. The first-order valence-corrected chi connectivity index (χ1v) is 12.7. The lowest BCUT2D eigenvalue weighted by atomic mass is 10.1. The maximum absolute atomic E-state index is 13.9. The van der Waals surface area contributed by atoms with Crippen molar-refractivity contribution in [2.75, 3.05) is 19.0 Å². The van der Waals surface area contributed by atoms with Crippen molar-refractivity contribution in [3.8, 4) is 0 Å². The van der Waals surface area contributed by atoms with Gasteiger partial charge in [-0.15, -0.1) is 0 Å². The summed E-state index contributed by atoms with van der Waals surface area (Å²) in [5.41, 5.74) is 2.87. The Balaban J connectivity index is 0.000000385. The molecule has 0 spiro atoms. The number of halogens is 2. The van der Waals surface area contributed by atoms with Crippen molar-refractivity contribution in [2.24, 2.45) is 7.05 Å². The molecule has 190 valence electrons. The average Bonchev–Trinajstić information content (AvgIpc) is 2.80. The number of benzene rings is 1. The molecule has 0 fully saturated rings. The van der Waals surface area contributed by atoms with E-state index < -0.39 is 11.8 Å². The number of aromatic nitrogens is 1. The normalized spacial score (nSPS) is 10.5. The molecule has 0 bridgehead atoms. The summed E-state index contributed by atoms with van der Waals surface area (Å²) in [5.74, 6) is -1.71. The van der Waals surface area contributed by atoms with Crippen molar-refractivity contribution in [2.45, 2.75) is 65.2 Å². The van der Waals surface area contributed by atoms with Crippen LogP contribution in [0.25, 0.3) is 0 Å². The van der Waals surface area contributed by atoms with Crippen LogP contribution < -0.4 is 16.4 Å². The van der Waals surface area contributed by atoms with E-state index in [0.29, 0.717) is 0 Å². The van der Waals surface area contributed by atoms with E-state index in [-0.39, 0.29) is 28.1 Å². The molecule has 1 aromatic carbocycles. The van der Waals surface area contributed by atoms with Crippen molar-refractivity contribution < 1.29 is 19.1 Å². The summed E-state index contributed by atoms with van der Waals surface area (Å²) in [7, 11) is 3.14. The number of anilines is 2. The highest BCUT2D eigenvalue weighted by atomic mass is 127. The van der Waals surface area contributed by atoms with Gasteiger partial charge in [-0.3, -0.25) is 4.79 Å². The van der Waals surface area contributed by atoms with E-state index >= 15 is 0 Å². The molecule has 0 atom stereocenters. The topological polar surface area (TPSA) is 92.6 Å². The van der Waals surface area contributed by atoms with Gasteiger partial charge in [-0.25, -0.2) is 14.7 Å². The number of aryl methyl sites for hydroxylation is 1. The molecule has 3 N–H and O–H groups in total. The quantitative estimate of drug-likeness (QED) is 0.147. The van der Waals surface area contributed by atoms with E-state index in [1.807, 2.05) is 22.6 Å².